The Morgan fingerprint density at radius 2 is 2.05 bits per heavy atom. The van der Waals surface area contributed by atoms with Crippen molar-refractivity contribution in [2.24, 2.45) is 0 Å². The van der Waals surface area contributed by atoms with Crippen molar-refractivity contribution in [3.63, 3.8) is 0 Å². The second-order valence-corrected chi connectivity index (χ2v) is 5.29. The van der Waals surface area contributed by atoms with E-state index in [2.05, 4.69) is 22.4 Å². The summed E-state index contributed by atoms with van der Waals surface area (Å²) >= 11 is 0. The van der Waals surface area contributed by atoms with Crippen molar-refractivity contribution in [1.29, 1.82) is 0 Å². The molecule has 19 heavy (non-hydrogen) atoms. The Balaban J connectivity index is 2.16. The molecular formula is C14H15N3O2. The lowest BCUT2D eigenvalue weighted by Crippen LogP contribution is -2.42. The first-order chi connectivity index (χ1) is 9.09. The number of hydrogen-bond donors (Lipinski definition) is 2. The number of fused-ring (bicyclic) bond motifs is 1. The Kier molecular flexibility index (Phi) is 2.62. The minimum Gasteiger partial charge on any atom is -0.476 e. The van der Waals surface area contributed by atoms with Gasteiger partial charge in [-0.05, 0) is 32.3 Å². The van der Waals surface area contributed by atoms with Gasteiger partial charge in [-0.25, -0.2) is 4.79 Å². The molecule has 0 atom stereocenters. The lowest BCUT2D eigenvalue weighted by molar-refractivity contribution is 0.0690. The molecule has 0 aliphatic heterocycles. The molecule has 2 aromatic rings. The lowest BCUT2D eigenvalue weighted by Gasteiger charge is -2.40. The van der Waals surface area contributed by atoms with E-state index in [-0.39, 0.29) is 11.2 Å². The van der Waals surface area contributed by atoms with Crippen LogP contribution in [-0.2, 0) is 0 Å². The first-order valence-electron chi connectivity index (χ1n) is 6.36. The van der Waals surface area contributed by atoms with Gasteiger partial charge in [-0.1, -0.05) is 18.2 Å². The molecule has 1 aromatic heterocycles. The summed E-state index contributed by atoms with van der Waals surface area (Å²) in [4.78, 5) is 11.3. The van der Waals surface area contributed by atoms with Gasteiger partial charge in [0, 0.05) is 10.9 Å². The molecule has 98 valence electrons. The zero-order valence-electron chi connectivity index (χ0n) is 10.7. The van der Waals surface area contributed by atoms with E-state index < -0.39 is 5.97 Å². The van der Waals surface area contributed by atoms with Crippen LogP contribution in [0.3, 0.4) is 0 Å². The number of carboxylic acids is 1. The molecule has 1 aliphatic rings. The topological polar surface area (TPSA) is 75.1 Å². The maximum atomic E-state index is 11.3. The highest BCUT2D eigenvalue weighted by Gasteiger charge is 2.33. The number of anilines is 1. The van der Waals surface area contributed by atoms with Crippen molar-refractivity contribution in [2.75, 3.05) is 5.32 Å². The molecule has 1 heterocycles. The van der Waals surface area contributed by atoms with E-state index in [1.807, 2.05) is 24.3 Å². The van der Waals surface area contributed by atoms with Crippen molar-refractivity contribution in [1.82, 2.24) is 10.2 Å². The average Bonchev–Trinajstić information content (AvgIpc) is 2.37. The van der Waals surface area contributed by atoms with Crippen LogP contribution >= 0.6 is 0 Å². The molecule has 0 unspecified atom stereocenters. The van der Waals surface area contributed by atoms with Crippen LogP contribution in [0.2, 0.25) is 0 Å². The van der Waals surface area contributed by atoms with Crippen LogP contribution in [0.4, 0.5) is 5.69 Å². The second-order valence-electron chi connectivity index (χ2n) is 5.29. The second kappa shape index (κ2) is 4.19. The van der Waals surface area contributed by atoms with Gasteiger partial charge in [0.05, 0.1) is 11.2 Å². The third-order valence-corrected chi connectivity index (χ3v) is 3.75. The maximum absolute atomic E-state index is 11.3. The monoisotopic (exact) mass is 257 g/mol. The van der Waals surface area contributed by atoms with Gasteiger partial charge in [-0.3, -0.25) is 0 Å². The summed E-state index contributed by atoms with van der Waals surface area (Å²) in [7, 11) is 0. The highest BCUT2D eigenvalue weighted by molar-refractivity contribution is 6.02. The molecular weight excluding hydrogens is 242 g/mol. The van der Waals surface area contributed by atoms with Gasteiger partial charge in [0.15, 0.2) is 5.69 Å². The van der Waals surface area contributed by atoms with Crippen LogP contribution < -0.4 is 5.32 Å². The standard InChI is InChI=1S/C14H15N3O2/c1-14(7-4-8-14)15-11-9-5-2-3-6-10(9)16-17-12(11)13(18)19/h2-3,5-6H,4,7-8H2,1H3,(H,15,16)(H,18,19). The number of nitrogens with one attached hydrogen (secondary N) is 1. The van der Waals surface area contributed by atoms with Crippen molar-refractivity contribution in [3.8, 4) is 0 Å². The predicted molar refractivity (Wildman–Crippen MR) is 72.4 cm³/mol. The molecule has 1 aromatic carbocycles. The fourth-order valence-electron chi connectivity index (χ4n) is 2.46. The van der Waals surface area contributed by atoms with Crippen LogP contribution in [0.15, 0.2) is 24.3 Å². The van der Waals surface area contributed by atoms with Crippen molar-refractivity contribution in [3.05, 3.63) is 30.0 Å². The van der Waals surface area contributed by atoms with Crippen molar-refractivity contribution >= 4 is 22.6 Å². The summed E-state index contributed by atoms with van der Waals surface area (Å²) < 4.78 is 0. The molecule has 1 aliphatic carbocycles. The summed E-state index contributed by atoms with van der Waals surface area (Å²) in [6, 6.07) is 7.46. The molecule has 5 nitrogen and oxygen atoms in total. The van der Waals surface area contributed by atoms with Crippen LogP contribution in [0.5, 0.6) is 0 Å². The molecule has 0 bridgehead atoms. The van der Waals surface area contributed by atoms with Gasteiger partial charge in [-0.2, -0.15) is 0 Å². The Labute approximate surface area is 110 Å². The predicted octanol–water partition coefficient (Wildman–Crippen LogP) is 2.68. The summed E-state index contributed by atoms with van der Waals surface area (Å²) in [6.45, 7) is 2.11. The normalized spacial score (nSPS) is 16.9. The number of carbonyl (C=O) groups is 1. The smallest absolute Gasteiger partial charge is 0.358 e. The molecule has 2 N–H and O–H groups in total. The van der Waals surface area contributed by atoms with E-state index in [0.29, 0.717) is 11.2 Å². The average molecular weight is 257 g/mol. The number of carboxylic acid groups (broad SMARTS) is 1. The van der Waals surface area contributed by atoms with Crippen LogP contribution in [0.1, 0.15) is 36.7 Å². The highest BCUT2D eigenvalue weighted by atomic mass is 16.4. The third kappa shape index (κ3) is 2.01. The van der Waals surface area contributed by atoms with Gasteiger partial charge >= 0.3 is 5.97 Å². The number of hydrogen-bond acceptors (Lipinski definition) is 4. The number of aromatic nitrogens is 2. The minimum absolute atomic E-state index is 0.00757. The summed E-state index contributed by atoms with van der Waals surface area (Å²) in [6.07, 6.45) is 3.26. The number of nitrogens with zero attached hydrogens (tertiary/aromatic N) is 2. The third-order valence-electron chi connectivity index (χ3n) is 3.75. The van der Waals surface area contributed by atoms with Gasteiger partial charge < -0.3 is 10.4 Å². The van der Waals surface area contributed by atoms with E-state index in [1.165, 1.54) is 6.42 Å². The quantitative estimate of drug-likeness (QED) is 0.884. The molecule has 3 rings (SSSR count). The molecule has 0 radical (unpaired) electrons. The summed E-state index contributed by atoms with van der Waals surface area (Å²) in [5.74, 6) is -1.05. The minimum atomic E-state index is -1.05. The van der Waals surface area contributed by atoms with E-state index in [4.69, 9.17) is 0 Å². The highest BCUT2D eigenvalue weighted by Crippen LogP contribution is 2.37. The number of aromatic carboxylic acids is 1. The first kappa shape index (κ1) is 11.9. The zero-order valence-corrected chi connectivity index (χ0v) is 10.7. The Morgan fingerprint density at radius 1 is 1.32 bits per heavy atom. The maximum Gasteiger partial charge on any atom is 0.358 e. The summed E-state index contributed by atoms with van der Waals surface area (Å²) in [5, 5.41) is 21.2. The van der Waals surface area contributed by atoms with E-state index in [0.717, 1.165) is 18.2 Å². The van der Waals surface area contributed by atoms with Gasteiger partial charge in [0.25, 0.3) is 0 Å². The van der Waals surface area contributed by atoms with Crippen molar-refractivity contribution in [2.45, 2.75) is 31.7 Å². The van der Waals surface area contributed by atoms with Crippen LogP contribution in [-0.4, -0.2) is 26.8 Å². The van der Waals surface area contributed by atoms with E-state index >= 15 is 0 Å². The van der Waals surface area contributed by atoms with Crippen LogP contribution in [0, 0.1) is 0 Å². The first-order valence-corrected chi connectivity index (χ1v) is 6.36. The zero-order chi connectivity index (χ0) is 13.5. The molecule has 0 saturated heterocycles. The van der Waals surface area contributed by atoms with Crippen LogP contribution in [0.25, 0.3) is 10.9 Å². The number of benzene rings is 1. The SMILES string of the molecule is CC1(Nc2c(C(=O)O)nnc3ccccc23)CCC1. The molecule has 1 saturated carbocycles. The fourth-order valence-corrected chi connectivity index (χ4v) is 2.46. The van der Waals surface area contributed by atoms with E-state index in [9.17, 15) is 9.90 Å². The molecule has 0 spiro atoms. The Morgan fingerprint density at radius 3 is 2.68 bits per heavy atom. The van der Waals surface area contributed by atoms with Gasteiger partial charge in [0.2, 0.25) is 0 Å². The lowest BCUT2D eigenvalue weighted by atomic mass is 9.78. The van der Waals surface area contributed by atoms with Gasteiger partial charge in [-0.15, -0.1) is 10.2 Å². The molecule has 0 amide bonds. The summed E-state index contributed by atoms with van der Waals surface area (Å²) in [5.41, 5.74) is 1.25. The van der Waals surface area contributed by atoms with E-state index in [1.54, 1.807) is 0 Å². The molecule has 5 heteroatoms. The Hall–Kier alpha value is -2.17. The number of rotatable bonds is 3. The fraction of sp³-hybridized carbons (Fsp3) is 0.357. The van der Waals surface area contributed by atoms with Crippen molar-refractivity contribution < 1.29 is 9.90 Å². The Bertz CT molecular complexity index is 650. The van der Waals surface area contributed by atoms with Gasteiger partial charge in [0.1, 0.15) is 0 Å². The largest absolute Gasteiger partial charge is 0.476 e. The molecule has 1 fully saturated rings.